The van der Waals surface area contributed by atoms with Crippen LogP contribution in [0.1, 0.15) is 51.7 Å². The van der Waals surface area contributed by atoms with Crippen LogP contribution >= 0.6 is 0 Å². The molecule has 1 saturated heterocycles. The van der Waals surface area contributed by atoms with E-state index in [9.17, 15) is 0 Å². The molecule has 1 aliphatic heterocycles. The van der Waals surface area contributed by atoms with Gasteiger partial charge in [0.05, 0.1) is 0 Å². The summed E-state index contributed by atoms with van der Waals surface area (Å²) in [5.74, 6) is 0. The molecule has 1 aliphatic rings. The molecule has 0 aromatic heterocycles. The Morgan fingerprint density at radius 3 is 2.30 bits per heavy atom. The Morgan fingerprint density at radius 2 is 1.70 bits per heavy atom. The lowest BCUT2D eigenvalue weighted by molar-refractivity contribution is 0.127. The third-order valence-corrected chi connectivity index (χ3v) is 4.42. The van der Waals surface area contributed by atoms with Gasteiger partial charge in [-0.05, 0) is 42.5 Å². The summed E-state index contributed by atoms with van der Waals surface area (Å²) in [6.07, 6.45) is 2.64. The molecule has 0 bridgehead atoms. The summed E-state index contributed by atoms with van der Waals surface area (Å²) in [4.78, 5) is 2.61. The van der Waals surface area contributed by atoms with Gasteiger partial charge in [0, 0.05) is 19.1 Å². The summed E-state index contributed by atoms with van der Waals surface area (Å²) in [5, 5.41) is 3.53. The van der Waals surface area contributed by atoms with Crippen LogP contribution in [-0.2, 0) is 13.1 Å². The number of rotatable bonds is 5. The van der Waals surface area contributed by atoms with E-state index in [1.807, 2.05) is 0 Å². The first-order chi connectivity index (χ1) is 9.46. The molecule has 1 N–H and O–H groups in total. The highest BCUT2D eigenvalue weighted by Gasteiger charge is 2.25. The summed E-state index contributed by atoms with van der Waals surface area (Å²) in [6.45, 7) is 13.7. The van der Waals surface area contributed by atoms with Crippen molar-refractivity contribution in [2.75, 3.05) is 13.1 Å². The largest absolute Gasteiger partial charge is 0.310 e. The minimum absolute atomic E-state index is 0.537. The Labute approximate surface area is 124 Å². The van der Waals surface area contributed by atoms with Crippen molar-refractivity contribution in [3.05, 3.63) is 35.4 Å². The summed E-state index contributed by atoms with van der Waals surface area (Å²) in [7, 11) is 0. The van der Waals surface area contributed by atoms with Gasteiger partial charge in [-0.2, -0.15) is 0 Å². The molecule has 1 heterocycles. The Kier molecular flexibility index (Phi) is 5.22. The highest BCUT2D eigenvalue weighted by molar-refractivity contribution is 5.27. The Hall–Kier alpha value is -0.860. The SMILES string of the molecule is CC(C)NCc1ccccc1CN1CCC(C)(C)CC1. The van der Waals surface area contributed by atoms with Crippen molar-refractivity contribution in [3.63, 3.8) is 0 Å². The molecular formula is C18H30N2. The van der Waals surface area contributed by atoms with Gasteiger partial charge in [-0.3, -0.25) is 4.90 Å². The highest BCUT2D eigenvalue weighted by atomic mass is 15.1. The zero-order valence-electron chi connectivity index (χ0n) is 13.6. The molecule has 0 unspecified atom stereocenters. The minimum atomic E-state index is 0.537. The monoisotopic (exact) mass is 274 g/mol. The normalized spacial score (nSPS) is 19.4. The van der Waals surface area contributed by atoms with E-state index in [1.165, 1.54) is 37.1 Å². The van der Waals surface area contributed by atoms with Crippen molar-refractivity contribution in [1.29, 1.82) is 0 Å². The van der Waals surface area contributed by atoms with Crippen LogP contribution in [0.2, 0.25) is 0 Å². The molecule has 1 fully saturated rings. The fraction of sp³-hybridized carbons (Fsp3) is 0.667. The molecule has 2 rings (SSSR count). The lowest BCUT2D eigenvalue weighted by atomic mass is 9.82. The van der Waals surface area contributed by atoms with Gasteiger partial charge >= 0.3 is 0 Å². The van der Waals surface area contributed by atoms with Crippen LogP contribution in [0.5, 0.6) is 0 Å². The Morgan fingerprint density at radius 1 is 1.10 bits per heavy atom. The van der Waals surface area contributed by atoms with E-state index in [2.05, 4.69) is 62.2 Å². The van der Waals surface area contributed by atoms with E-state index < -0.39 is 0 Å². The first kappa shape index (κ1) is 15.5. The molecule has 2 nitrogen and oxygen atoms in total. The number of hydrogen-bond donors (Lipinski definition) is 1. The van der Waals surface area contributed by atoms with Crippen molar-refractivity contribution >= 4 is 0 Å². The smallest absolute Gasteiger partial charge is 0.0236 e. The predicted octanol–water partition coefficient (Wildman–Crippen LogP) is 3.81. The average molecular weight is 274 g/mol. The van der Waals surface area contributed by atoms with E-state index >= 15 is 0 Å². The molecule has 0 atom stereocenters. The van der Waals surface area contributed by atoms with Crippen molar-refractivity contribution < 1.29 is 0 Å². The van der Waals surface area contributed by atoms with E-state index in [0.29, 0.717) is 11.5 Å². The fourth-order valence-corrected chi connectivity index (χ4v) is 2.76. The zero-order chi connectivity index (χ0) is 14.6. The molecule has 0 radical (unpaired) electrons. The molecule has 2 heteroatoms. The van der Waals surface area contributed by atoms with E-state index in [1.54, 1.807) is 0 Å². The maximum Gasteiger partial charge on any atom is 0.0236 e. The quantitative estimate of drug-likeness (QED) is 0.878. The predicted molar refractivity (Wildman–Crippen MR) is 86.7 cm³/mol. The van der Waals surface area contributed by atoms with Crippen molar-refractivity contribution in [2.24, 2.45) is 5.41 Å². The van der Waals surface area contributed by atoms with E-state index in [-0.39, 0.29) is 0 Å². The van der Waals surface area contributed by atoms with Crippen molar-refractivity contribution in [1.82, 2.24) is 10.2 Å². The van der Waals surface area contributed by atoms with Gasteiger partial charge < -0.3 is 5.32 Å². The average Bonchev–Trinajstić information content (AvgIpc) is 2.40. The number of hydrogen-bond acceptors (Lipinski definition) is 2. The minimum Gasteiger partial charge on any atom is -0.310 e. The molecule has 20 heavy (non-hydrogen) atoms. The molecule has 0 spiro atoms. The second kappa shape index (κ2) is 6.73. The van der Waals surface area contributed by atoms with Crippen molar-refractivity contribution in [2.45, 2.75) is 59.7 Å². The van der Waals surface area contributed by atoms with Gasteiger partial charge in [-0.25, -0.2) is 0 Å². The van der Waals surface area contributed by atoms with Crippen LogP contribution in [0.25, 0.3) is 0 Å². The zero-order valence-corrected chi connectivity index (χ0v) is 13.6. The van der Waals surface area contributed by atoms with Crippen LogP contribution in [-0.4, -0.2) is 24.0 Å². The van der Waals surface area contributed by atoms with Crippen LogP contribution in [0.4, 0.5) is 0 Å². The van der Waals surface area contributed by atoms with Gasteiger partial charge in [0.1, 0.15) is 0 Å². The summed E-state index contributed by atoms with van der Waals surface area (Å²) >= 11 is 0. The molecule has 1 aromatic carbocycles. The summed E-state index contributed by atoms with van der Waals surface area (Å²) in [6, 6.07) is 9.41. The molecule has 0 aliphatic carbocycles. The lowest BCUT2D eigenvalue weighted by Gasteiger charge is -2.37. The highest BCUT2D eigenvalue weighted by Crippen LogP contribution is 2.30. The first-order valence-corrected chi connectivity index (χ1v) is 7.99. The number of nitrogens with zero attached hydrogens (tertiary/aromatic N) is 1. The van der Waals surface area contributed by atoms with Gasteiger partial charge in [0.15, 0.2) is 0 Å². The molecule has 1 aromatic rings. The number of piperidine rings is 1. The van der Waals surface area contributed by atoms with E-state index in [4.69, 9.17) is 0 Å². The second-order valence-corrected chi connectivity index (χ2v) is 7.24. The first-order valence-electron chi connectivity index (χ1n) is 7.99. The van der Waals surface area contributed by atoms with Gasteiger partial charge in [-0.15, -0.1) is 0 Å². The lowest BCUT2D eigenvalue weighted by Crippen LogP contribution is -2.37. The molecule has 0 amide bonds. The number of benzene rings is 1. The van der Waals surface area contributed by atoms with Crippen LogP contribution in [0.3, 0.4) is 0 Å². The topological polar surface area (TPSA) is 15.3 Å². The standard InChI is InChI=1S/C18H30N2/c1-15(2)19-13-16-7-5-6-8-17(16)14-20-11-9-18(3,4)10-12-20/h5-8,15,19H,9-14H2,1-4H3. The maximum absolute atomic E-state index is 3.53. The third kappa shape index (κ3) is 4.60. The number of likely N-dealkylation sites (tertiary alicyclic amines) is 1. The summed E-state index contributed by atoms with van der Waals surface area (Å²) < 4.78 is 0. The second-order valence-electron chi connectivity index (χ2n) is 7.24. The molecule has 112 valence electrons. The van der Waals surface area contributed by atoms with Gasteiger partial charge in [0.25, 0.3) is 0 Å². The fourth-order valence-electron chi connectivity index (χ4n) is 2.76. The van der Waals surface area contributed by atoms with Gasteiger partial charge in [0.2, 0.25) is 0 Å². The molecular weight excluding hydrogens is 244 g/mol. The summed E-state index contributed by atoms with van der Waals surface area (Å²) in [5.41, 5.74) is 3.47. The van der Waals surface area contributed by atoms with Crippen LogP contribution in [0, 0.1) is 5.41 Å². The van der Waals surface area contributed by atoms with Gasteiger partial charge in [-0.1, -0.05) is 52.0 Å². The third-order valence-electron chi connectivity index (χ3n) is 4.42. The Bertz CT molecular complexity index is 413. The van der Waals surface area contributed by atoms with Crippen LogP contribution < -0.4 is 5.32 Å². The number of nitrogens with one attached hydrogen (secondary N) is 1. The van der Waals surface area contributed by atoms with Crippen molar-refractivity contribution in [3.8, 4) is 0 Å². The van der Waals surface area contributed by atoms with E-state index in [0.717, 1.165) is 13.1 Å². The molecule has 0 saturated carbocycles. The maximum atomic E-state index is 3.53. The van der Waals surface area contributed by atoms with Crippen LogP contribution in [0.15, 0.2) is 24.3 Å². The Balaban J connectivity index is 1.95.